The first-order valence-electron chi connectivity index (χ1n) is 19.9. The van der Waals surface area contributed by atoms with Gasteiger partial charge in [-0.2, -0.15) is 21.2 Å². The van der Waals surface area contributed by atoms with Gasteiger partial charge in [0.25, 0.3) is 0 Å². The Labute approximate surface area is 375 Å². The first kappa shape index (κ1) is 47.1. The summed E-state index contributed by atoms with van der Waals surface area (Å²) >= 11 is 11.7. The molecule has 0 radical (unpaired) electrons. The van der Waals surface area contributed by atoms with Crippen LogP contribution in [0.15, 0.2) is 143 Å². The fraction of sp³-hybridized carbons (Fsp3) is 0.308. The van der Waals surface area contributed by atoms with Gasteiger partial charge in [0.2, 0.25) is 0 Å². The van der Waals surface area contributed by atoms with Gasteiger partial charge in [-0.25, -0.2) is 0 Å². The molecule has 0 amide bonds. The number of benzene rings is 6. The van der Waals surface area contributed by atoms with Gasteiger partial charge in [0, 0.05) is 16.5 Å². The van der Waals surface area contributed by atoms with E-state index in [1.165, 1.54) is 11.1 Å². The summed E-state index contributed by atoms with van der Waals surface area (Å²) in [6.07, 6.45) is 0. The maximum atomic E-state index is 6.09. The van der Waals surface area contributed by atoms with E-state index >= 15 is 0 Å². The average Bonchev–Trinajstić information content (AvgIpc) is 3.14. The van der Waals surface area contributed by atoms with Crippen molar-refractivity contribution in [3.8, 4) is 23.0 Å². The van der Waals surface area contributed by atoms with Crippen LogP contribution in [0, 0.1) is 0 Å². The van der Waals surface area contributed by atoms with Crippen molar-refractivity contribution in [2.45, 2.75) is 115 Å². The summed E-state index contributed by atoms with van der Waals surface area (Å²) in [7, 11) is 0. The SMILES string of the molecule is CC(C)(C)c1cc([N-]c2ccccc2Oc2ccccc2)c([S-])c(C(C)(C)C)c1.CC(C)(C)c1cc([N-]c2ccccc2Oc2ccccc2)c([S-])c(C(C)(C)C)c1.[Ni]. The van der Waals surface area contributed by atoms with Gasteiger partial charge in [0.05, 0.1) is 0 Å². The Morgan fingerprint density at radius 2 is 0.678 bits per heavy atom. The molecule has 0 saturated carbocycles. The first-order chi connectivity index (χ1) is 27.1. The molecule has 0 bridgehead atoms. The minimum atomic E-state index is -0.0529. The predicted molar refractivity (Wildman–Crippen MR) is 250 cm³/mol. The standard InChI is InChI=1S/2C26H30NOS.Ni/c2*1-25(2,3)18-16-20(26(4,5)6)24(29)22(17-18)27-21-14-10-11-15-23(21)28-19-12-8-7-9-13-19;/h2*7-17,29H,1-6H3;/q2*-1;/p-2. The van der Waals surface area contributed by atoms with E-state index in [0.29, 0.717) is 11.5 Å². The normalized spacial score (nSPS) is 11.7. The molecular formula is C52H58N2NiO2S2-4. The van der Waals surface area contributed by atoms with Crippen LogP contribution in [0.3, 0.4) is 0 Å². The van der Waals surface area contributed by atoms with Gasteiger partial charge >= 0.3 is 0 Å². The zero-order valence-electron chi connectivity index (χ0n) is 36.5. The van der Waals surface area contributed by atoms with Crippen molar-refractivity contribution >= 4 is 48.0 Å². The van der Waals surface area contributed by atoms with Gasteiger partial charge < -0.3 is 45.4 Å². The van der Waals surface area contributed by atoms with Crippen molar-refractivity contribution < 1.29 is 26.0 Å². The maximum Gasteiger partial charge on any atom is 0.127 e. The van der Waals surface area contributed by atoms with Gasteiger partial charge in [-0.1, -0.05) is 203 Å². The summed E-state index contributed by atoms with van der Waals surface area (Å²) in [5.74, 6) is 3.00. The smallest absolute Gasteiger partial charge is 0.127 e. The fourth-order valence-corrected chi connectivity index (χ4v) is 7.07. The second-order valence-corrected chi connectivity index (χ2v) is 19.5. The summed E-state index contributed by atoms with van der Waals surface area (Å²) in [4.78, 5) is 1.61. The second kappa shape index (κ2) is 19.2. The van der Waals surface area contributed by atoms with Crippen LogP contribution in [0.1, 0.15) is 105 Å². The number of hydrogen-bond donors (Lipinski definition) is 0. The van der Waals surface area contributed by atoms with Crippen LogP contribution in [-0.4, -0.2) is 0 Å². The molecule has 0 aromatic heterocycles. The average molecular weight is 866 g/mol. The predicted octanol–water partition coefficient (Wildman–Crippen LogP) is 16.6. The molecule has 0 aliphatic carbocycles. The quantitative estimate of drug-likeness (QED) is 0.113. The van der Waals surface area contributed by atoms with E-state index in [9.17, 15) is 0 Å². The number of rotatable bonds is 8. The van der Waals surface area contributed by atoms with Crippen LogP contribution in [0.4, 0.5) is 22.7 Å². The van der Waals surface area contributed by atoms with Crippen LogP contribution < -0.4 is 9.47 Å². The molecule has 314 valence electrons. The zero-order valence-corrected chi connectivity index (χ0v) is 39.2. The molecule has 6 rings (SSSR count). The summed E-state index contributed by atoms with van der Waals surface area (Å²) < 4.78 is 12.2. The van der Waals surface area contributed by atoms with Crippen molar-refractivity contribution in [2.24, 2.45) is 0 Å². The van der Waals surface area contributed by atoms with Crippen LogP contribution in [-0.2, 0) is 63.4 Å². The molecule has 6 aromatic rings. The minimum Gasteiger partial charge on any atom is -0.781 e. The van der Waals surface area contributed by atoms with Gasteiger partial charge in [0.1, 0.15) is 23.0 Å². The molecule has 0 aliphatic rings. The second-order valence-electron chi connectivity index (χ2n) is 18.7. The van der Waals surface area contributed by atoms with Crippen LogP contribution >= 0.6 is 0 Å². The van der Waals surface area contributed by atoms with Crippen LogP contribution in [0.25, 0.3) is 10.6 Å². The molecule has 0 unspecified atom stereocenters. The van der Waals surface area contributed by atoms with Crippen molar-refractivity contribution in [1.29, 1.82) is 0 Å². The van der Waals surface area contributed by atoms with Crippen LogP contribution in [0.2, 0.25) is 0 Å². The van der Waals surface area contributed by atoms with E-state index in [2.05, 4.69) is 107 Å². The zero-order chi connectivity index (χ0) is 42.5. The van der Waals surface area contributed by atoms with Crippen molar-refractivity contribution in [1.82, 2.24) is 0 Å². The Kier molecular flexibility index (Phi) is 15.4. The molecule has 7 heteroatoms. The van der Waals surface area contributed by atoms with Gasteiger partial charge in [-0.15, -0.1) is 0 Å². The minimum absolute atomic E-state index is 0. The number of para-hydroxylation sites is 6. The summed E-state index contributed by atoms with van der Waals surface area (Å²) in [6.45, 7) is 26.5. The molecule has 0 fully saturated rings. The van der Waals surface area contributed by atoms with Crippen LogP contribution in [0.5, 0.6) is 23.0 Å². The Morgan fingerprint density at radius 3 is 0.983 bits per heavy atom. The Balaban J connectivity index is 0.000000256. The molecular weight excluding hydrogens is 807 g/mol. The molecule has 0 spiro atoms. The number of hydrogen-bond acceptors (Lipinski definition) is 4. The largest absolute Gasteiger partial charge is 0.781 e. The Morgan fingerprint density at radius 1 is 0.373 bits per heavy atom. The van der Waals surface area contributed by atoms with E-state index < -0.39 is 0 Å². The number of ether oxygens (including phenoxy) is 2. The van der Waals surface area contributed by atoms with Crippen molar-refractivity contribution in [3.63, 3.8) is 0 Å². The van der Waals surface area contributed by atoms with Gasteiger partial charge in [-0.3, -0.25) is 0 Å². The molecule has 0 aliphatic heterocycles. The Hall–Kier alpha value is -4.55. The summed E-state index contributed by atoms with van der Waals surface area (Å²) in [5.41, 5.74) is 7.86. The van der Waals surface area contributed by atoms with Gasteiger partial charge in [0.15, 0.2) is 0 Å². The first-order valence-corrected chi connectivity index (χ1v) is 20.7. The summed E-state index contributed by atoms with van der Waals surface area (Å²) in [5, 5.41) is 9.91. The third-order valence-electron chi connectivity index (χ3n) is 9.64. The van der Waals surface area contributed by atoms with E-state index in [1.807, 2.05) is 109 Å². The number of nitrogens with zero attached hydrogens (tertiary/aromatic N) is 2. The third-order valence-corrected chi connectivity index (χ3v) is 10.5. The topological polar surface area (TPSA) is 46.7 Å². The molecule has 0 N–H and O–H groups in total. The van der Waals surface area contributed by atoms with Crippen molar-refractivity contribution in [3.05, 3.63) is 166 Å². The molecule has 4 nitrogen and oxygen atoms in total. The van der Waals surface area contributed by atoms with Gasteiger partial charge in [-0.05, 0) is 69.2 Å². The third kappa shape index (κ3) is 12.7. The molecule has 59 heavy (non-hydrogen) atoms. The Bertz CT molecular complexity index is 2140. The maximum absolute atomic E-state index is 6.09. The molecule has 0 saturated heterocycles. The van der Waals surface area contributed by atoms with E-state index in [0.717, 1.165) is 55.2 Å². The van der Waals surface area contributed by atoms with E-state index in [1.54, 1.807) is 0 Å². The van der Waals surface area contributed by atoms with Crippen molar-refractivity contribution in [2.75, 3.05) is 0 Å². The van der Waals surface area contributed by atoms with E-state index in [4.69, 9.17) is 45.4 Å². The fourth-order valence-electron chi connectivity index (χ4n) is 6.14. The molecule has 6 aromatic carbocycles. The molecule has 0 heterocycles. The van der Waals surface area contributed by atoms with E-state index in [-0.39, 0.29) is 38.2 Å². The monoisotopic (exact) mass is 864 g/mol. The molecule has 0 atom stereocenters. The summed E-state index contributed by atoms with van der Waals surface area (Å²) in [6, 6.07) is 43.9.